The minimum absolute atomic E-state index is 0.0474. The molecule has 1 saturated carbocycles. The second-order valence-electron chi connectivity index (χ2n) is 7.24. The summed E-state index contributed by atoms with van der Waals surface area (Å²) in [5, 5.41) is 0. The molecule has 0 saturated heterocycles. The largest absolute Gasteiger partial charge is 0.337 e. The zero-order valence-corrected chi connectivity index (χ0v) is 14.7. The van der Waals surface area contributed by atoms with Crippen LogP contribution in [0, 0.1) is 0 Å². The highest BCUT2D eigenvalue weighted by Gasteiger charge is 2.42. The average Bonchev–Trinajstić information content (AvgIpc) is 3.28. The number of nitrogens with one attached hydrogen (secondary N) is 1. The third-order valence-electron chi connectivity index (χ3n) is 5.41. The van der Waals surface area contributed by atoms with Gasteiger partial charge in [0.2, 0.25) is 0 Å². The van der Waals surface area contributed by atoms with E-state index in [4.69, 9.17) is 9.98 Å². The Morgan fingerprint density at radius 1 is 1.21 bits per heavy atom. The SMILES string of the molecule is CCCC1CN2C(=O)N(CCC)c3nc(C4CCCC4)[nH]c3C2=N1. The van der Waals surface area contributed by atoms with Gasteiger partial charge in [0.15, 0.2) is 11.7 Å². The summed E-state index contributed by atoms with van der Waals surface area (Å²) in [6, 6.07) is 0.271. The molecule has 2 aliphatic heterocycles. The van der Waals surface area contributed by atoms with Crippen LogP contribution >= 0.6 is 0 Å². The highest BCUT2D eigenvalue weighted by Crippen LogP contribution is 2.37. The van der Waals surface area contributed by atoms with Crippen LogP contribution in [0.15, 0.2) is 4.99 Å². The number of amidine groups is 1. The molecule has 1 aromatic rings. The van der Waals surface area contributed by atoms with Gasteiger partial charge in [-0.15, -0.1) is 0 Å². The number of H-pyrrole nitrogens is 1. The molecule has 0 aromatic carbocycles. The Labute approximate surface area is 143 Å². The molecule has 4 rings (SSSR count). The van der Waals surface area contributed by atoms with Crippen LogP contribution in [-0.4, -0.2) is 45.9 Å². The van der Waals surface area contributed by atoms with Crippen molar-refractivity contribution in [1.82, 2.24) is 14.9 Å². The number of aliphatic imine (C=N–C) groups is 1. The molecule has 1 N–H and O–H groups in total. The predicted molar refractivity (Wildman–Crippen MR) is 94.8 cm³/mol. The summed E-state index contributed by atoms with van der Waals surface area (Å²) in [6.07, 6.45) is 7.99. The van der Waals surface area contributed by atoms with Gasteiger partial charge in [-0.05, 0) is 25.7 Å². The molecule has 1 atom stereocenters. The van der Waals surface area contributed by atoms with Gasteiger partial charge < -0.3 is 4.98 Å². The van der Waals surface area contributed by atoms with Gasteiger partial charge in [0, 0.05) is 12.5 Å². The first kappa shape index (κ1) is 15.7. The summed E-state index contributed by atoms with van der Waals surface area (Å²) in [5.74, 6) is 3.18. The number of nitrogens with zero attached hydrogens (tertiary/aromatic N) is 4. The van der Waals surface area contributed by atoms with Crippen LogP contribution in [0.5, 0.6) is 0 Å². The maximum absolute atomic E-state index is 13.0. The van der Waals surface area contributed by atoms with Gasteiger partial charge in [-0.1, -0.05) is 33.1 Å². The lowest BCUT2D eigenvalue weighted by Gasteiger charge is -2.32. The number of carbonyl (C=O) groups excluding carboxylic acids is 1. The summed E-state index contributed by atoms with van der Waals surface area (Å²) in [6.45, 7) is 5.69. The van der Waals surface area contributed by atoms with Crippen molar-refractivity contribution in [3.63, 3.8) is 0 Å². The van der Waals surface area contributed by atoms with E-state index in [1.54, 1.807) is 0 Å². The molecule has 6 heteroatoms. The van der Waals surface area contributed by atoms with Crippen molar-refractivity contribution in [3.8, 4) is 0 Å². The lowest BCUT2D eigenvalue weighted by molar-refractivity contribution is 0.226. The topological polar surface area (TPSA) is 64.6 Å². The zero-order valence-electron chi connectivity index (χ0n) is 14.7. The summed E-state index contributed by atoms with van der Waals surface area (Å²) in [5.41, 5.74) is 0.962. The smallest absolute Gasteiger partial charge is 0.331 e. The average molecular weight is 329 g/mol. The fraction of sp³-hybridized carbons (Fsp3) is 0.722. The van der Waals surface area contributed by atoms with E-state index in [1.807, 2.05) is 9.80 Å². The molecule has 6 nitrogen and oxygen atoms in total. The van der Waals surface area contributed by atoms with Gasteiger partial charge in [-0.3, -0.25) is 14.8 Å². The third-order valence-corrected chi connectivity index (χ3v) is 5.41. The van der Waals surface area contributed by atoms with Crippen molar-refractivity contribution < 1.29 is 4.79 Å². The van der Waals surface area contributed by atoms with E-state index in [2.05, 4.69) is 18.8 Å². The number of anilines is 1. The molecule has 24 heavy (non-hydrogen) atoms. The van der Waals surface area contributed by atoms with Gasteiger partial charge in [-0.2, -0.15) is 0 Å². The van der Waals surface area contributed by atoms with Crippen LogP contribution in [0.3, 0.4) is 0 Å². The molecule has 1 aliphatic carbocycles. The predicted octanol–water partition coefficient (Wildman–Crippen LogP) is 3.65. The first-order valence-corrected chi connectivity index (χ1v) is 9.50. The van der Waals surface area contributed by atoms with Gasteiger partial charge in [0.05, 0.1) is 12.6 Å². The van der Waals surface area contributed by atoms with Crippen LogP contribution < -0.4 is 4.90 Å². The minimum Gasteiger partial charge on any atom is -0.337 e. The van der Waals surface area contributed by atoms with E-state index >= 15 is 0 Å². The number of carbonyl (C=O) groups is 1. The van der Waals surface area contributed by atoms with Crippen LogP contribution in [0.25, 0.3) is 0 Å². The summed E-state index contributed by atoms with van der Waals surface area (Å²) >= 11 is 0. The van der Waals surface area contributed by atoms with E-state index in [9.17, 15) is 4.79 Å². The number of hydrogen-bond donors (Lipinski definition) is 1. The minimum atomic E-state index is 0.0474. The summed E-state index contributed by atoms with van der Waals surface area (Å²) in [4.78, 5) is 29.9. The van der Waals surface area contributed by atoms with Crippen molar-refractivity contribution in [1.29, 1.82) is 0 Å². The van der Waals surface area contributed by atoms with Gasteiger partial charge in [-0.25, -0.2) is 9.78 Å². The molecule has 0 spiro atoms. The Hall–Kier alpha value is -1.85. The number of hydrogen-bond acceptors (Lipinski definition) is 3. The second kappa shape index (κ2) is 6.22. The Morgan fingerprint density at radius 2 is 2.00 bits per heavy atom. The lowest BCUT2D eigenvalue weighted by Crippen LogP contribution is -2.50. The van der Waals surface area contributed by atoms with E-state index in [0.717, 1.165) is 42.4 Å². The van der Waals surface area contributed by atoms with E-state index in [-0.39, 0.29) is 12.1 Å². The molecule has 0 bridgehead atoms. The first-order chi connectivity index (χ1) is 11.7. The monoisotopic (exact) mass is 329 g/mol. The maximum atomic E-state index is 13.0. The van der Waals surface area contributed by atoms with Crippen molar-refractivity contribution in [2.24, 2.45) is 4.99 Å². The Kier molecular flexibility index (Phi) is 4.06. The van der Waals surface area contributed by atoms with Gasteiger partial charge in [0.1, 0.15) is 11.5 Å². The van der Waals surface area contributed by atoms with Crippen molar-refractivity contribution in [2.75, 3.05) is 18.0 Å². The van der Waals surface area contributed by atoms with Crippen LogP contribution in [0.2, 0.25) is 0 Å². The summed E-state index contributed by atoms with van der Waals surface area (Å²) < 4.78 is 0. The lowest BCUT2D eigenvalue weighted by atomic mass is 10.1. The fourth-order valence-electron chi connectivity index (χ4n) is 4.23. The first-order valence-electron chi connectivity index (χ1n) is 9.50. The molecule has 1 unspecified atom stereocenters. The Balaban J connectivity index is 1.74. The molecule has 3 heterocycles. The van der Waals surface area contributed by atoms with Gasteiger partial charge >= 0.3 is 6.03 Å². The molecule has 1 fully saturated rings. The van der Waals surface area contributed by atoms with Crippen molar-refractivity contribution >= 4 is 17.7 Å². The van der Waals surface area contributed by atoms with Crippen LogP contribution in [-0.2, 0) is 0 Å². The Morgan fingerprint density at radius 3 is 2.71 bits per heavy atom. The fourth-order valence-corrected chi connectivity index (χ4v) is 4.23. The van der Waals surface area contributed by atoms with E-state index < -0.39 is 0 Å². The Bertz CT molecular complexity index is 658. The normalized spacial score (nSPS) is 23.7. The molecule has 1 aromatic heterocycles. The van der Waals surface area contributed by atoms with Crippen LogP contribution in [0.4, 0.5) is 10.6 Å². The number of imidazole rings is 1. The molecule has 3 aliphatic rings. The number of urea groups is 1. The van der Waals surface area contributed by atoms with Gasteiger partial charge in [0.25, 0.3) is 0 Å². The zero-order chi connectivity index (χ0) is 16.7. The number of amides is 2. The highest BCUT2D eigenvalue weighted by molar-refractivity contribution is 6.18. The molecular formula is C18H27N5O. The third kappa shape index (κ3) is 2.43. The molecule has 2 amide bonds. The highest BCUT2D eigenvalue weighted by atomic mass is 16.2. The standard InChI is InChI=1S/C18H27N5O/c1-3-7-13-11-23-16(19-13)14-17(22(10-4-2)18(23)24)21-15(20-14)12-8-5-6-9-12/h12-13H,3-11H2,1-2H3,(H,20,21). The molecule has 0 radical (unpaired) electrons. The number of aromatic nitrogens is 2. The maximum Gasteiger partial charge on any atom is 0.331 e. The van der Waals surface area contributed by atoms with Crippen molar-refractivity contribution in [2.45, 2.75) is 70.8 Å². The quantitative estimate of drug-likeness (QED) is 0.896. The van der Waals surface area contributed by atoms with Crippen molar-refractivity contribution in [3.05, 3.63) is 11.5 Å². The number of rotatable bonds is 5. The van der Waals surface area contributed by atoms with E-state index in [0.29, 0.717) is 19.0 Å². The number of aromatic amines is 1. The summed E-state index contributed by atoms with van der Waals surface area (Å²) in [7, 11) is 0. The molecular weight excluding hydrogens is 302 g/mol. The second-order valence-corrected chi connectivity index (χ2v) is 7.24. The number of fused-ring (bicyclic) bond motifs is 3. The molecule has 130 valence electrons. The van der Waals surface area contributed by atoms with Crippen LogP contribution in [0.1, 0.15) is 76.2 Å². The van der Waals surface area contributed by atoms with E-state index in [1.165, 1.54) is 25.7 Å².